The molecule has 0 aliphatic carbocycles. The van der Waals surface area contributed by atoms with Crippen LogP contribution in [-0.4, -0.2) is 69.0 Å². The lowest BCUT2D eigenvalue weighted by Crippen LogP contribution is -2.44. The van der Waals surface area contributed by atoms with E-state index in [4.69, 9.17) is 4.74 Å². The van der Waals surface area contributed by atoms with Gasteiger partial charge in [-0.3, -0.25) is 14.1 Å². The zero-order chi connectivity index (χ0) is 30.3. The molecule has 3 aromatic rings. The molecular formula is C29H34N4O8S. The number of para-hydroxylation sites is 1. The molecule has 3 atom stereocenters. The first-order valence-electron chi connectivity index (χ1n) is 13.7. The molecule has 1 aliphatic rings. The van der Waals surface area contributed by atoms with Gasteiger partial charge in [0.05, 0.1) is 18.4 Å². The van der Waals surface area contributed by atoms with Crippen LogP contribution in [0.25, 0.3) is 0 Å². The van der Waals surface area contributed by atoms with Crippen molar-refractivity contribution in [3.05, 3.63) is 72.7 Å². The minimum absolute atomic E-state index is 0.0537. The van der Waals surface area contributed by atoms with E-state index in [0.717, 1.165) is 25.3 Å². The second-order valence-corrected chi connectivity index (χ2v) is 11.5. The Labute approximate surface area is 244 Å². The van der Waals surface area contributed by atoms with Crippen molar-refractivity contribution < 1.29 is 37.2 Å². The average Bonchev–Trinajstić information content (AvgIpc) is 3.60. The number of unbranched alkanes of at least 4 members (excludes halogenated alkanes) is 3. The number of nitrogens with zero attached hydrogens (tertiary/aromatic N) is 3. The number of anilines is 1. The average molecular weight is 599 g/mol. The summed E-state index contributed by atoms with van der Waals surface area (Å²) in [6, 6.07) is 12.3. The first-order chi connectivity index (χ1) is 20.1. The van der Waals surface area contributed by atoms with Gasteiger partial charge in [0, 0.05) is 12.6 Å². The summed E-state index contributed by atoms with van der Waals surface area (Å²) in [5.74, 6) is -1.69. The molecule has 0 bridgehead atoms. The lowest BCUT2D eigenvalue weighted by Gasteiger charge is -2.27. The Morgan fingerprint density at radius 1 is 1.07 bits per heavy atom. The number of carboxylic acid groups (broad SMARTS) is 1. The lowest BCUT2D eigenvalue weighted by atomic mass is 10.1. The van der Waals surface area contributed by atoms with Gasteiger partial charge in [-0.1, -0.05) is 62.9 Å². The van der Waals surface area contributed by atoms with Crippen LogP contribution in [0.15, 0.2) is 72.0 Å². The van der Waals surface area contributed by atoms with Gasteiger partial charge < -0.3 is 24.6 Å². The van der Waals surface area contributed by atoms with Crippen LogP contribution in [0.4, 0.5) is 5.82 Å². The van der Waals surface area contributed by atoms with Gasteiger partial charge in [-0.2, -0.15) is 8.42 Å². The normalized spacial score (nSPS) is 17.5. The van der Waals surface area contributed by atoms with E-state index in [-0.39, 0.29) is 24.3 Å². The van der Waals surface area contributed by atoms with E-state index in [1.807, 2.05) is 18.2 Å². The lowest BCUT2D eigenvalue weighted by molar-refractivity contribution is -0.149. The number of imidazole rings is 1. The van der Waals surface area contributed by atoms with Crippen LogP contribution in [0.3, 0.4) is 0 Å². The highest BCUT2D eigenvalue weighted by molar-refractivity contribution is 7.86. The van der Waals surface area contributed by atoms with Gasteiger partial charge in [0.2, 0.25) is 5.91 Å². The number of likely N-dealkylation sites (tertiary alicyclic amines) is 1. The van der Waals surface area contributed by atoms with E-state index in [9.17, 15) is 32.5 Å². The Hall–Kier alpha value is -4.23. The summed E-state index contributed by atoms with van der Waals surface area (Å²) in [5.41, 5.74) is -0.271. The molecule has 13 heteroatoms. The Bertz CT molecular complexity index is 1510. The van der Waals surface area contributed by atoms with Gasteiger partial charge in [-0.15, -0.1) is 0 Å². The Kier molecular flexibility index (Phi) is 9.96. The number of hydrogen-bond donors (Lipinski definition) is 3. The molecule has 12 nitrogen and oxygen atoms in total. The predicted molar refractivity (Wildman–Crippen MR) is 153 cm³/mol. The first-order valence-corrected chi connectivity index (χ1v) is 15.2. The molecular weight excluding hydrogens is 564 g/mol. The first kappa shape index (κ1) is 30.7. The molecule has 0 saturated carbocycles. The third-order valence-corrected chi connectivity index (χ3v) is 8.02. The predicted octanol–water partition coefficient (Wildman–Crippen LogP) is 4.03. The number of nitrogens with one attached hydrogen (secondary N) is 1. The van der Waals surface area contributed by atoms with Crippen molar-refractivity contribution in [3.63, 3.8) is 0 Å². The third kappa shape index (κ3) is 7.53. The van der Waals surface area contributed by atoms with Crippen LogP contribution < -0.4 is 10.1 Å². The van der Waals surface area contributed by atoms with Crippen molar-refractivity contribution in [3.8, 4) is 5.75 Å². The highest BCUT2D eigenvalue weighted by Crippen LogP contribution is 2.29. The van der Waals surface area contributed by atoms with Crippen molar-refractivity contribution in [1.29, 1.82) is 0 Å². The molecule has 1 aromatic heterocycles. The highest BCUT2D eigenvalue weighted by atomic mass is 32.2. The number of benzene rings is 2. The van der Waals surface area contributed by atoms with Crippen LogP contribution in [0, 0.1) is 0 Å². The molecule has 1 saturated heterocycles. The fraction of sp³-hybridized carbons (Fsp3) is 0.379. The largest absolute Gasteiger partial charge is 0.488 e. The van der Waals surface area contributed by atoms with Crippen LogP contribution in [0.5, 0.6) is 5.75 Å². The summed E-state index contributed by atoms with van der Waals surface area (Å²) >= 11 is 0. The number of rotatable bonds is 13. The summed E-state index contributed by atoms with van der Waals surface area (Å²) in [5, 5.41) is 12.4. The second kappa shape index (κ2) is 13.6. The van der Waals surface area contributed by atoms with Crippen LogP contribution in [0.2, 0.25) is 0 Å². The van der Waals surface area contributed by atoms with Crippen LogP contribution in [0.1, 0.15) is 61.8 Å². The van der Waals surface area contributed by atoms with Crippen molar-refractivity contribution in [2.24, 2.45) is 0 Å². The zero-order valence-electron chi connectivity index (χ0n) is 23.1. The molecule has 0 spiro atoms. The van der Waals surface area contributed by atoms with Gasteiger partial charge in [0.15, 0.2) is 5.82 Å². The third-order valence-electron chi connectivity index (χ3n) is 7.11. The number of amides is 2. The Morgan fingerprint density at radius 3 is 2.48 bits per heavy atom. The summed E-state index contributed by atoms with van der Waals surface area (Å²) in [6.45, 7) is 2.17. The standard InChI is InChI=1S/C29H34N4O8S/c1-2-3-4-8-14-23(28(35)33-17-21(16-24(33)29(36)37)41-20-11-6-5-7-12-20)32-18-26(30-19-32)31-27(34)22-13-9-10-15-25(22)42(38,39)40/h5-7,9-13,15,18-19,21,23-24H,2-4,8,14,16-17H2,1H3,(H,31,34)(H,36,37)(H,38,39,40)/t21-,23-,24-/m0/s1. The molecule has 1 fully saturated rings. The molecule has 0 radical (unpaired) electrons. The van der Waals surface area contributed by atoms with Crippen LogP contribution >= 0.6 is 0 Å². The van der Waals surface area contributed by atoms with E-state index in [1.54, 1.807) is 12.1 Å². The SMILES string of the molecule is CCCCCC[C@@H](C(=O)N1C[C@@H](Oc2ccccc2)C[C@H]1C(=O)O)n1cnc(NC(=O)c2ccccc2S(=O)(=O)O)c1. The van der Waals surface area contributed by atoms with Gasteiger partial charge in [0.25, 0.3) is 16.0 Å². The van der Waals surface area contributed by atoms with E-state index in [1.165, 1.54) is 40.2 Å². The monoisotopic (exact) mass is 598 g/mol. The van der Waals surface area contributed by atoms with Crippen molar-refractivity contribution in [2.45, 2.75) is 68.5 Å². The fourth-order valence-corrected chi connectivity index (χ4v) is 5.73. The van der Waals surface area contributed by atoms with Gasteiger partial charge in [0.1, 0.15) is 28.8 Å². The summed E-state index contributed by atoms with van der Waals surface area (Å²) in [4.78, 5) is 43.9. The molecule has 42 heavy (non-hydrogen) atoms. The van der Waals surface area contributed by atoms with Gasteiger partial charge in [-0.05, 0) is 30.7 Å². The molecule has 3 N–H and O–H groups in total. The van der Waals surface area contributed by atoms with E-state index in [0.29, 0.717) is 18.6 Å². The zero-order valence-corrected chi connectivity index (χ0v) is 23.9. The van der Waals surface area contributed by atoms with Crippen molar-refractivity contribution >= 4 is 33.7 Å². The summed E-state index contributed by atoms with van der Waals surface area (Å²) in [6.07, 6.45) is 6.44. The molecule has 1 aliphatic heterocycles. The maximum absolute atomic E-state index is 13.9. The van der Waals surface area contributed by atoms with Crippen molar-refractivity contribution in [2.75, 3.05) is 11.9 Å². The number of carbonyl (C=O) groups excluding carboxylic acids is 2. The Balaban J connectivity index is 1.55. The number of hydrogen-bond acceptors (Lipinski definition) is 7. The summed E-state index contributed by atoms with van der Waals surface area (Å²) in [7, 11) is -4.65. The number of ether oxygens (including phenoxy) is 1. The Morgan fingerprint density at radius 2 is 1.79 bits per heavy atom. The smallest absolute Gasteiger partial charge is 0.326 e. The minimum atomic E-state index is -4.65. The molecule has 4 rings (SSSR count). The molecule has 2 heterocycles. The van der Waals surface area contributed by atoms with E-state index >= 15 is 0 Å². The summed E-state index contributed by atoms with van der Waals surface area (Å²) < 4.78 is 40.4. The molecule has 0 unspecified atom stereocenters. The molecule has 224 valence electrons. The molecule has 2 amide bonds. The quantitative estimate of drug-likeness (QED) is 0.194. The number of aromatic nitrogens is 2. The molecule has 2 aromatic carbocycles. The minimum Gasteiger partial charge on any atom is -0.488 e. The van der Waals surface area contributed by atoms with E-state index in [2.05, 4.69) is 17.2 Å². The van der Waals surface area contributed by atoms with E-state index < -0.39 is 51.0 Å². The number of carbonyl (C=O) groups is 3. The van der Waals surface area contributed by atoms with Crippen LogP contribution in [-0.2, 0) is 19.7 Å². The maximum Gasteiger partial charge on any atom is 0.326 e. The topological polar surface area (TPSA) is 168 Å². The number of carboxylic acids is 1. The second-order valence-electron chi connectivity index (χ2n) is 10.1. The highest BCUT2D eigenvalue weighted by Gasteiger charge is 2.43. The van der Waals surface area contributed by atoms with Gasteiger partial charge >= 0.3 is 5.97 Å². The van der Waals surface area contributed by atoms with Gasteiger partial charge in [-0.25, -0.2) is 9.78 Å². The fourth-order valence-electron chi connectivity index (χ4n) is 5.04. The maximum atomic E-state index is 13.9. The van der Waals surface area contributed by atoms with Crippen molar-refractivity contribution in [1.82, 2.24) is 14.5 Å². The number of aliphatic carboxylic acids is 1.